The van der Waals surface area contributed by atoms with Crippen molar-refractivity contribution in [1.29, 1.82) is 0 Å². The number of hydrogen-bond acceptors (Lipinski definition) is 3. The first-order valence-electron chi connectivity index (χ1n) is 5.17. The van der Waals surface area contributed by atoms with Gasteiger partial charge < -0.3 is 0 Å². The molecule has 1 aromatic carbocycles. The smallest absolute Gasteiger partial charge is 0.196 e. The zero-order valence-electron chi connectivity index (χ0n) is 9.57. The van der Waals surface area contributed by atoms with Crippen molar-refractivity contribution in [2.24, 2.45) is 0 Å². The summed E-state index contributed by atoms with van der Waals surface area (Å²) in [4.78, 5) is 19.0. The van der Waals surface area contributed by atoms with Crippen LogP contribution in [-0.2, 0) is 0 Å². The summed E-state index contributed by atoms with van der Waals surface area (Å²) in [6.07, 6.45) is 3.15. The van der Waals surface area contributed by atoms with Crippen LogP contribution in [0.25, 0.3) is 11.1 Å². The summed E-state index contributed by atoms with van der Waals surface area (Å²) in [6, 6.07) is 4.52. The van der Waals surface area contributed by atoms with Gasteiger partial charge in [-0.3, -0.25) is 4.79 Å². The van der Waals surface area contributed by atoms with Crippen molar-refractivity contribution in [1.82, 2.24) is 9.97 Å². The van der Waals surface area contributed by atoms with E-state index in [2.05, 4.69) is 9.97 Å². The molecule has 3 nitrogen and oxygen atoms in total. The highest BCUT2D eigenvalue weighted by Crippen LogP contribution is 2.22. The second kappa shape index (κ2) is 4.41. The molecule has 4 heteroatoms. The molecule has 0 aliphatic rings. The van der Waals surface area contributed by atoms with Gasteiger partial charge in [-0.1, -0.05) is 6.07 Å². The maximum Gasteiger partial charge on any atom is 0.196 e. The minimum Gasteiger partial charge on any atom is -0.291 e. The number of carbonyl (C=O) groups is 1. The molecule has 2 aromatic rings. The molecule has 0 fully saturated rings. The fourth-order valence-electron chi connectivity index (χ4n) is 1.60. The number of Topliss-reactive ketones (excluding diaryl/α,β-unsaturated/α-hetero) is 1. The van der Waals surface area contributed by atoms with E-state index in [1.54, 1.807) is 18.5 Å². The third kappa shape index (κ3) is 2.36. The Hall–Kier alpha value is -2.10. The minimum atomic E-state index is -0.271. The van der Waals surface area contributed by atoms with Crippen molar-refractivity contribution in [2.75, 3.05) is 0 Å². The molecule has 1 heterocycles. The Morgan fingerprint density at radius 3 is 2.41 bits per heavy atom. The Balaban J connectivity index is 2.43. The van der Waals surface area contributed by atoms with Gasteiger partial charge in [-0.25, -0.2) is 14.4 Å². The highest BCUT2D eigenvalue weighted by atomic mass is 19.1. The number of aromatic nitrogens is 2. The van der Waals surface area contributed by atoms with Gasteiger partial charge in [-0.2, -0.15) is 0 Å². The first kappa shape index (κ1) is 11.4. The Bertz CT molecular complexity index is 564. The van der Waals surface area contributed by atoms with E-state index in [9.17, 15) is 9.18 Å². The maximum absolute atomic E-state index is 13.0. The number of halogens is 1. The summed E-state index contributed by atoms with van der Waals surface area (Å²) < 4.78 is 13.0. The molecule has 0 N–H and O–H groups in total. The van der Waals surface area contributed by atoms with Crippen molar-refractivity contribution < 1.29 is 9.18 Å². The Labute approximate surface area is 98.3 Å². The van der Waals surface area contributed by atoms with E-state index in [4.69, 9.17) is 0 Å². The lowest BCUT2D eigenvalue weighted by atomic mass is 10.0. The van der Waals surface area contributed by atoms with Crippen molar-refractivity contribution in [3.63, 3.8) is 0 Å². The molecule has 0 spiro atoms. The summed E-state index contributed by atoms with van der Waals surface area (Å²) >= 11 is 0. The normalized spacial score (nSPS) is 10.3. The van der Waals surface area contributed by atoms with E-state index in [0.29, 0.717) is 0 Å². The number of nitrogens with zero attached hydrogens (tertiary/aromatic N) is 2. The average molecular weight is 230 g/mol. The number of hydrogen-bond donors (Lipinski definition) is 0. The van der Waals surface area contributed by atoms with Crippen LogP contribution >= 0.6 is 0 Å². The summed E-state index contributed by atoms with van der Waals surface area (Å²) in [6.45, 7) is 3.23. The lowest BCUT2D eigenvalue weighted by Crippen LogP contribution is -2.00. The monoisotopic (exact) mass is 230 g/mol. The molecule has 0 saturated heterocycles. The van der Waals surface area contributed by atoms with Gasteiger partial charge in [0.25, 0.3) is 0 Å². The number of aryl methyl sites for hydroxylation is 1. The summed E-state index contributed by atoms with van der Waals surface area (Å²) in [5.74, 6) is -0.256. The van der Waals surface area contributed by atoms with Crippen LogP contribution in [0.15, 0.2) is 30.6 Å². The highest BCUT2D eigenvalue weighted by Gasteiger charge is 2.06. The fraction of sp³-hybridized carbons (Fsp3) is 0.154. The van der Waals surface area contributed by atoms with Gasteiger partial charge >= 0.3 is 0 Å². The fourth-order valence-corrected chi connectivity index (χ4v) is 1.60. The molecule has 0 atom stereocenters. The van der Waals surface area contributed by atoms with Crippen LogP contribution in [0.5, 0.6) is 0 Å². The number of rotatable bonds is 2. The van der Waals surface area contributed by atoms with E-state index in [-0.39, 0.29) is 17.4 Å². The van der Waals surface area contributed by atoms with E-state index >= 15 is 0 Å². The number of benzene rings is 1. The average Bonchev–Trinajstić information content (AvgIpc) is 2.29. The van der Waals surface area contributed by atoms with Crippen molar-refractivity contribution in [2.45, 2.75) is 13.8 Å². The lowest BCUT2D eigenvalue weighted by molar-refractivity contribution is 0.100. The molecular weight excluding hydrogens is 219 g/mol. The highest BCUT2D eigenvalue weighted by molar-refractivity contribution is 5.90. The third-order valence-electron chi connectivity index (χ3n) is 2.47. The first-order chi connectivity index (χ1) is 8.08. The lowest BCUT2D eigenvalue weighted by Gasteiger charge is -2.05. The topological polar surface area (TPSA) is 42.9 Å². The summed E-state index contributed by atoms with van der Waals surface area (Å²) in [5, 5.41) is 0. The largest absolute Gasteiger partial charge is 0.291 e. The molecule has 0 aliphatic heterocycles. The second-order valence-electron chi connectivity index (χ2n) is 3.81. The van der Waals surface area contributed by atoms with E-state index in [0.717, 1.165) is 16.7 Å². The summed E-state index contributed by atoms with van der Waals surface area (Å²) in [5.41, 5.74) is 2.44. The first-order valence-corrected chi connectivity index (χ1v) is 5.17. The van der Waals surface area contributed by atoms with Crippen LogP contribution in [0.3, 0.4) is 0 Å². The van der Waals surface area contributed by atoms with E-state index in [1.165, 1.54) is 19.1 Å². The predicted octanol–water partition coefficient (Wildman–Crippen LogP) is 2.79. The maximum atomic E-state index is 13.0. The molecule has 0 radical (unpaired) electrons. The van der Waals surface area contributed by atoms with Crippen molar-refractivity contribution >= 4 is 5.78 Å². The molecule has 0 unspecified atom stereocenters. The summed E-state index contributed by atoms with van der Waals surface area (Å²) in [7, 11) is 0. The van der Waals surface area contributed by atoms with Gasteiger partial charge in [-0.05, 0) is 30.2 Å². The van der Waals surface area contributed by atoms with Gasteiger partial charge in [0, 0.05) is 24.9 Å². The van der Waals surface area contributed by atoms with Gasteiger partial charge in [0.2, 0.25) is 0 Å². The molecule has 17 heavy (non-hydrogen) atoms. The molecule has 86 valence electrons. The Morgan fingerprint density at radius 2 is 1.88 bits per heavy atom. The number of ketones is 1. The second-order valence-corrected chi connectivity index (χ2v) is 3.81. The van der Waals surface area contributed by atoms with Gasteiger partial charge in [0.05, 0.1) is 0 Å². The van der Waals surface area contributed by atoms with Gasteiger partial charge in [-0.15, -0.1) is 0 Å². The molecule has 0 aliphatic carbocycles. The molecule has 0 saturated carbocycles. The van der Waals surface area contributed by atoms with Gasteiger partial charge in [0.1, 0.15) is 5.82 Å². The Morgan fingerprint density at radius 1 is 1.24 bits per heavy atom. The quantitative estimate of drug-likeness (QED) is 0.745. The minimum absolute atomic E-state index is 0.174. The van der Waals surface area contributed by atoms with Crippen molar-refractivity contribution in [3.8, 4) is 11.1 Å². The zero-order valence-corrected chi connectivity index (χ0v) is 9.57. The Kier molecular flexibility index (Phi) is 2.95. The standard InChI is InChI=1S/C13H11FN2O/c1-8-5-11(14)3-4-12(8)10-6-15-13(9(2)17)16-7-10/h3-7H,1-2H3. The zero-order chi connectivity index (χ0) is 12.4. The van der Waals surface area contributed by atoms with Crippen LogP contribution in [-0.4, -0.2) is 15.8 Å². The van der Waals surface area contributed by atoms with Crippen LogP contribution in [0.1, 0.15) is 23.1 Å². The van der Waals surface area contributed by atoms with Crippen molar-refractivity contribution in [3.05, 3.63) is 47.8 Å². The van der Waals surface area contributed by atoms with Gasteiger partial charge in [0.15, 0.2) is 11.6 Å². The molecule has 2 rings (SSSR count). The molecule has 0 bridgehead atoms. The van der Waals surface area contributed by atoms with Crippen LogP contribution in [0.4, 0.5) is 4.39 Å². The van der Waals surface area contributed by atoms with Crippen LogP contribution in [0.2, 0.25) is 0 Å². The molecule has 0 amide bonds. The SMILES string of the molecule is CC(=O)c1ncc(-c2ccc(F)cc2C)cn1. The third-order valence-corrected chi connectivity index (χ3v) is 2.47. The van der Waals surface area contributed by atoms with E-state index < -0.39 is 0 Å². The number of carbonyl (C=O) groups excluding carboxylic acids is 1. The molecular formula is C13H11FN2O. The van der Waals surface area contributed by atoms with Crippen LogP contribution < -0.4 is 0 Å². The predicted molar refractivity (Wildman–Crippen MR) is 62.2 cm³/mol. The van der Waals surface area contributed by atoms with Crippen LogP contribution in [0, 0.1) is 12.7 Å². The molecule has 1 aromatic heterocycles. The van der Waals surface area contributed by atoms with E-state index in [1.807, 2.05) is 6.92 Å².